The minimum atomic E-state index is -0.122. The molecule has 0 fully saturated rings. The average Bonchev–Trinajstić information content (AvgIpc) is 2.43. The third kappa shape index (κ3) is 4.65. The first-order valence-electron chi connectivity index (χ1n) is 7.47. The highest BCUT2D eigenvalue weighted by molar-refractivity contribution is 5.60. The van der Waals surface area contributed by atoms with Crippen molar-refractivity contribution in [3.63, 3.8) is 0 Å². The van der Waals surface area contributed by atoms with Crippen molar-refractivity contribution >= 4 is 12.2 Å². The van der Waals surface area contributed by atoms with Gasteiger partial charge in [-0.1, -0.05) is 51.1 Å². The van der Waals surface area contributed by atoms with Gasteiger partial charge in [-0.15, -0.1) is 0 Å². The van der Waals surface area contributed by atoms with Crippen LogP contribution in [0.2, 0.25) is 0 Å². The van der Waals surface area contributed by atoms with E-state index in [1.807, 2.05) is 30.4 Å². The van der Waals surface area contributed by atoms with Gasteiger partial charge in [-0.05, 0) is 46.4 Å². The van der Waals surface area contributed by atoms with E-state index in [9.17, 15) is 15.3 Å². The predicted molar refractivity (Wildman–Crippen MR) is 94.6 cm³/mol. The average molecular weight is 310 g/mol. The maximum absolute atomic E-state index is 9.96. The molecule has 0 saturated carbocycles. The third-order valence-corrected chi connectivity index (χ3v) is 3.44. The smallest absolute Gasteiger partial charge is 0.119 e. The first kappa shape index (κ1) is 16.7. The maximum atomic E-state index is 9.96. The number of allylic oxidation sites excluding steroid dienone is 2. The van der Waals surface area contributed by atoms with Crippen LogP contribution in [-0.2, 0) is 5.41 Å². The van der Waals surface area contributed by atoms with Gasteiger partial charge in [-0.3, -0.25) is 0 Å². The Morgan fingerprint density at radius 3 is 1.87 bits per heavy atom. The number of rotatable bonds is 3. The summed E-state index contributed by atoms with van der Waals surface area (Å²) < 4.78 is 0. The van der Waals surface area contributed by atoms with Crippen LogP contribution in [0.1, 0.15) is 37.5 Å². The monoisotopic (exact) mass is 310 g/mol. The lowest BCUT2D eigenvalue weighted by Gasteiger charge is -2.20. The van der Waals surface area contributed by atoms with E-state index in [1.54, 1.807) is 24.3 Å². The Morgan fingerprint density at radius 2 is 1.30 bits per heavy atom. The Kier molecular flexibility index (Phi) is 4.80. The molecule has 0 heterocycles. The van der Waals surface area contributed by atoms with Crippen LogP contribution in [0, 0.1) is 0 Å². The van der Waals surface area contributed by atoms with E-state index in [4.69, 9.17) is 0 Å². The quantitative estimate of drug-likeness (QED) is 0.712. The molecule has 0 atom stereocenters. The van der Waals surface area contributed by atoms with Crippen molar-refractivity contribution in [2.24, 2.45) is 0 Å². The van der Waals surface area contributed by atoms with Crippen molar-refractivity contribution in [2.45, 2.75) is 26.2 Å². The summed E-state index contributed by atoms with van der Waals surface area (Å²) in [5.74, 6) is 0.365. The summed E-state index contributed by atoms with van der Waals surface area (Å²) >= 11 is 0. The summed E-state index contributed by atoms with van der Waals surface area (Å²) in [6, 6.07) is 9.97. The van der Waals surface area contributed by atoms with Crippen LogP contribution in [0.5, 0.6) is 17.2 Å². The Hall–Kier alpha value is -2.68. The van der Waals surface area contributed by atoms with Gasteiger partial charge < -0.3 is 15.3 Å². The predicted octanol–water partition coefficient (Wildman–Crippen LogP) is 4.83. The van der Waals surface area contributed by atoms with Crippen LogP contribution in [0.4, 0.5) is 0 Å². The molecule has 0 saturated heterocycles. The summed E-state index contributed by atoms with van der Waals surface area (Å²) in [5, 5.41) is 28.8. The maximum Gasteiger partial charge on any atom is 0.119 e. The lowest BCUT2D eigenvalue weighted by molar-refractivity contribution is 0.446. The molecule has 3 heteroatoms. The van der Waals surface area contributed by atoms with Crippen molar-refractivity contribution in [2.75, 3.05) is 0 Å². The Bertz CT molecular complexity index is 730. The Balaban J connectivity index is 2.16. The van der Waals surface area contributed by atoms with Crippen molar-refractivity contribution in [1.29, 1.82) is 0 Å². The lowest BCUT2D eigenvalue weighted by Crippen LogP contribution is -2.11. The molecule has 0 aliphatic carbocycles. The van der Waals surface area contributed by atoms with Gasteiger partial charge in [0.2, 0.25) is 0 Å². The van der Waals surface area contributed by atoms with Crippen LogP contribution >= 0.6 is 0 Å². The molecule has 0 aromatic heterocycles. The zero-order chi connectivity index (χ0) is 17.0. The molecule has 120 valence electrons. The molecule has 2 aromatic carbocycles. The van der Waals surface area contributed by atoms with E-state index < -0.39 is 0 Å². The van der Waals surface area contributed by atoms with Crippen molar-refractivity contribution in [1.82, 2.24) is 0 Å². The van der Waals surface area contributed by atoms with Crippen molar-refractivity contribution in [3.8, 4) is 17.2 Å². The highest BCUT2D eigenvalue weighted by Gasteiger charge is 2.17. The number of benzene rings is 2. The fourth-order valence-corrected chi connectivity index (χ4v) is 2.31. The number of hydrogen-bond acceptors (Lipinski definition) is 3. The molecule has 23 heavy (non-hydrogen) atoms. The van der Waals surface area contributed by atoms with Gasteiger partial charge >= 0.3 is 0 Å². The van der Waals surface area contributed by atoms with E-state index in [0.717, 1.165) is 11.1 Å². The zero-order valence-electron chi connectivity index (χ0n) is 13.6. The molecule has 0 amide bonds. The topological polar surface area (TPSA) is 60.7 Å². The molecule has 3 N–H and O–H groups in total. The van der Waals surface area contributed by atoms with Gasteiger partial charge in [-0.25, -0.2) is 0 Å². The number of aromatic hydroxyl groups is 3. The number of phenols is 3. The first-order chi connectivity index (χ1) is 10.8. The molecule has 0 radical (unpaired) electrons. The van der Waals surface area contributed by atoms with E-state index >= 15 is 0 Å². The minimum absolute atomic E-state index is 0.0296. The van der Waals surface area contributed by atoms with Gasteiger partial charge in [0.1, 0.15) is 17.2 Å². The summed E-state index contributed by atoms with van der Waals surface area (Å²) in [7, 11) is 0. The van der Waals surface area contributed by atoms with Crippen LogP contribution < -0.4 is 0 Å². The third-order valence-electron chi connectivity index (χ3n) is 3.44. The second-order valence-electron chi connectivity index (χ2n) is 6.53. The van der Waals surface area contributed by atoms with E-state index in [1.165, 1.54) is 6.07 Å². The van der Waals surface area contributed by atoms with E-state index in [-0.39, 0.29) is 16.9 Å². The fourth-order valence-electron chi connectivity index (χ4n) is 2.31. The van der Waals surface area contributed by atoms with Crippen molar-refractivity contribution < 1.29 is 15.3 Å². The van der Waals surface area contributed by atoms with Gasteiger partial charge in [0.05, 0.1) is 0 Å². The lowest BCUT2D eigenvalue weighted by atomic mass is 9.85. The summed E-state index contributed by atoms with van der Waals surface area (Å²) in [5.41, 5.74) is 2.49. The number of phenolic OH excluding ortho intramolecular Hbond substituents is 3. The molecular weight excluding hydrogens is 288 g/mol. The van der Waals surface area contributed by atoms with Gasteiger partial charge in [0.15, 0.2) is 0 Å². The second kappa shape index (κ2) is 6.61. The highest BCUT2D eigenvalue weighted by atomic mass is 16.3. The number of hydrogen-bond donors (Lipinski definition) is 3. The standard InChI is InChI=1S/C20H22O3/c1-20(2,3)18-12-14(8-9-19(18)23)6-4-5-7-15-10-16(21)13-17(22)11-15/h4-13,21-23H,1-3H3/b6-4+,7-5+. The Morgan fingerprint density at radius 1 is 0.739 bits per heavy atom. The van der Waals surface area contributed by atoms with Crippen LogP contribution in [0.15, 0.2) is 48.6 Å². The van der Waals surface area contributed by atoms with E-state index in [0.29, 0.717) is 11.3 Å². The molecular formula is C20H22O3. The molecule has 2 rings (SSSR count). The Labute approximate surface area is 136 Å². The second-order valence-corrected chi connectivity index (χ2v) is 6.53. The van der Waals surface area contributed by atoms with Gasteiger partial charge in [-0.2, -0.15) is 0 Å². The normalized spacial score (nSPS) is 12.3. The van der Waals surface area contributed by atoms with Gasteiger partial charge in [0, 0.05) is 6.07 Å². The summed E-state index contributed by atoms with van der Waals surface area (Å²) in [4.78, 5) is 0. The molecule has 0 unspecified atom stereocenters. The molecule has 0 aliphatic rings. The van der Waals surface area contributed by atoms with E-state index in [2.05, 4.69) is 20.8 Å². The highest BCUT2D eigenvalue weighted by Crippen LogP contribution is 2.31. The zero-order valence-corrected chi connectivity index (χ0v) is 13.6. The van der Waals surface area contributed by atoms with Crippen LogP contribution in [-0.4, -0.2) is 15.3 Å². The first-order valence-corrected chi connectivity index (χ1v) is 7.47. The molecule has 0 spiro atoms. The largest absolute Gasteiger partial charge is 0.508 e. The van der Waals surface area contributed by atoms with Crippen LogP contribution in [0.25, 0.3) is 12.2 Å². The van der Waals surface area contributed by atoms with Gasteiger partial charge in [0.25, 0.3) is 0 Å². The SMILES string of the molecule is CC(C)(C)c1cc(/C=C/C=C/c2cc(O)cc(O)c2)ccc1O. The van der Waals surface area contributed by atoms with Crippen molar-refractivity contribution in [3.05, 3.63) is 65.2 Å². The molecule has 0 bridgehead atoms. The fraction of sp³-hybridized carbons (Fsp3) is 0.200. The molecule has 2 aromatic rings. The van der Waals surface area contributed by atoms with Crippen LogP contribution in [0.3, 0.4) is 0 Å². The summed E-state index contributed by atoms with van der Waals surface area (Å²) in [6.45, 7) is 6.18. The molecule has 0 aliphatic heterocycles. The summed E-state index contributed by atoms with van der Waals surface area (Å²) in [6.07, 6.45) is 7.44. The minimum Gasteiger partial charge on any atom is -0.508 e. The molecule has 3 nitrogen and oxygen atoms in total.